The quantitative estimate of drug-likeness (QED) is 0.332. The first-order chi connectivity index (χ1) is 14.9. The van der Waals surface area contributed by atoms with Crippen LogP contribution in [-0.2, 0) is 9.59 Å². The molecule has 0 bridgehead atoms. The summed E-state index contributed by atoms with van der Waals surface area (Å²) in [7, 11) is 0. The molecule has 31 heavy (non-hydrogen) atoms. The van der Waals surface area contributed by atoms with Crippen LogP contribution in [0.3, 0.4) is 0 Å². The zero-order chi connectivity index (χ0) is 22.6. The summed E-state index contributed by atoms with van der Waals surface area (Å²) >= 11 is 0. The highest BCUT2D eigenvalue weighted by molar-refractivity contribution is 5.83. The van der Waals surface area contributed by atoms with E-state index in [-0.39, 0.29) is 5.92 Å². The molecule has 0 saturated heterocycles. The van der Waals surface area contributed by atoms with E-state index < -0.39 is 6.10 Å². The minimum atomic E-state index is -0.646. The van der Waals surface area contributed by atoms with Gasteiger partial charge < -0.3 is 5.11 Å². The van der Waals surface area contributed by atoms with Crippen LogP contribution in [0.1, 0.15) is 90.5 Å². The summed E-state index contributed by atoms with van der Waals surface area (Å²) in [6.45, 7) is 6.34. The lowest BCUT2D eigenvalue weighted by Crippen LogP contribution is -2.19. The number of aliphatic hydroxyl groups excluding tert-OH is 1. The third-order valence-electron chi connectivity index (χ3n) is 6.47. The zero-order valence-corrected chi connectivity index (χ0v) is 19.6. The molecule has 1 aromatic rings. The Morgan fingerprint density at radius 2 is 1.81 bits per heavy atom. The monoisotopic (exact) mass is 424 g/mol. The van der Waals surface area contributed by atoms with E-state index in [4.69, 9.17) is 0 Å². The molecule has 2 rings (SSSR count). The van der Waals surface area contributed by atoms with Gasteiger partial charge in [-0.15, -0.1) is 0 Å². The number of rotatable bonds is 12. The molecule has 1 fully saturated rings. The molecule has 0 amide bonds. The van der Waals surface area contributed by atoms with Crippen molar-refractivity contribution < 1.29 is 14.7 Å². The lowest BCUT2D eigenvalue weighted by molar-refractivity contribution is -0.121. The average Bonchev–Trinajstić information content (AvgIpc) is 3.00. The molecule has 1 aliphatic carbocycles. The van der Waals surface area contributed by atoms with Crippen molar-refractivity contribution in [3.63, 3.8) is 0 Å². The van der Waals surface area contributed by atoms with Crippen LogP contribution >= 0.6 is 0 Å². The molecule has 0 aromatic heterocycles. The van der Waals surface area contributed by atoms with Crippen LogP contribution in [0.2, 0.25) is 0 Å². The SMILES string of the molecule is CC(C)CC(=O)CCCCCC[C@H]1C(=O)C[C@@H](C)[C@@H]1CCC(O)C#Cc1ccccc1. The van der Waals surface area contributed by atoms with Crippen molar-refractivity contribution >= 4 is 11.6 Å². The Hall–Kier alpha value is -1.92. The third kappa shape index (κ3) is 9.40. The maximum atomic E-state index is 12.5. The number of carbonyl (C=O) groups excluding carboxylic acids is 2. The molecule has 1 N–H and O–H groups in total. The van der Waals surface area contributed by atoms with E-state index in [0.717, 1.165) is 44.1 Å². The summed E-state index contributed by atoms with van der Waals surface area (Å²) in [5.41, 5.74) is 0.912. The molecule has 1 aromatic carbocycles. The Kier molecular flexibility index (Phi) is 11.0. The summed E-state index contributed by atoms with van der Waals surface area (Å²) in [4.78, 5) is 24.3. The maximum Gasteiger partial charge on any atom is 0.136 e. The van der Waals surface area contributed by atoms with Crippen molar-refractivity contribution in [3.8, 4) is 11.8 Å². The Balaban J connectivity index is 1.71. The Bertz CT molecular complexity index is 741. The minimum absolute atomic E-state index is 0.131. The number of benzene rings is 1. The number of unbranched alkanes of at least 4 members (excludes halogenated alkanes) is 3. The van der Waals surface area contributed by atoms with Crippen LogP contribution in [0, 0.1) is 35.5 Å². The lowest BCUT2D eigenvalue weighted by atomic mass is 9.82. The molecule has 0 radical (unpaired) electrons. The molecule has 1 saturated carbocycles. The Morgan fingerprint density at radius 1 is 1.10 bits per heavy atom. The molecule has 1 unspecified atom stereocenters. The number of carbonyl (C=O) groups is 2. The first-order valence-corrected chi connectivity index (χ1v) is 12.2. The number of Topliss-reactive ketones (excluding diaryl/α,β-unsaturated/α-hetero) is 2. The van der Waals surface area contributed by atoms with Crippen LogP contribution in [0.25, 0.3) is 0 Å². The summed E-state index contributed by atoms with van der Waals surface area (Å²) in [6.07, 6.45) is 8.01. The minimum Gasteiger partial charge on any atom is -0.380 e. The first-order valence-electron chi connectivity index (χ1n) is 12.2. The zero-order valence-electron chi connectivity index (χ0n) is 19.6. The van der Waals surface area contributed by atoms with E-state index >= 15 is 0 Å². The molecule has 0 spiro atoms. The van der Waals surface area contributed by atoms with E-state index in [1.165, 1.54) is 0 Å². The number of ketones is 2. The van der Waals surface area contributed by atoms with Crippen LogP contribution < -0.4 is 0 Å². The standard InChI is InChI=1S/C28H40O3/c1-21(2)19-25(30)13-9-4-5-10-14-27-26(22(3)20-28(27)31)18-17-24(29)16-15-23-11-7-6-8-12-23/h6-8,11-12,21-22,24,26-27,29H,4-5,9-10,13-14,17-20H2,1-3H3/t22-,24?,26+,27-/m1/s1. The highest BCUT2D eigenvalue weighted by atomic mass is 16.3. The van der Waals surface area contributed by atoms with Crippen LogP contribution in [0.5, 0.6) is 0 Å². The average molecular weight is 425 g/mol. The van der Waals surface area contributed by atoms with Gasteiger partial charge in [0, 0.05) is 30.7 Å². The van der Waals surface area contributed by atoms with E-state index in [1.807, 2.05) is 30.3 Å². The summed E-state index contributed by atoms with van der Waals surface area (Å²) in [6, 6.07) is 9.71. The largest absolute Gasteiger partial charge is 0.380 e. The molecule has 4 atom stereocenters. The van der Waals surface area contributed by atoms with Gasteiger partial charge in [-0.2, -0.15) is 0 Å². The molecule has 3 nitrogen and oxygen atoms in total. The highest BCUT2D eigenvalue weighted by Gasteiger charge is 2.39. The number of hydrogen-bond donors (Lipinski definition) is 1. The fraction of sp³-hybridized carbons (Fsp3) is 0.643. The molecule has 0 heterocycles. The fourth-order valence-electron chi connectivity index (χ4n) is 4.82. The molecule has 170 valence electrons. The van der Waals surface area contributed by atoms with Gasteiger partial charge in [-0.05, 0) is 55.6 Å². The van der Waals surface area contributed by atoms with Gasteiger partial charge in [-0.3, -0.25) is 9.59 Å². The first kappa shape index (κ1) is 25.3. The maximum absolute atomic E-state index is 12.5. The number of hydrogen-bond acceptors (Lipinski definition) is 3. The molecule has 3 heteroatoms. The lowest BCUT2D eigenvalue weighted by Gasteiger charge is -2.22. The van der Waals surface area contributed by atoms with Crippen molar-refractivity contribution in [1.29, 1.82) is 0 Å². The topological polar surface area (TPSA) is 54.4 Å². The normalized spacial score (nSPS) is 21.7. The predicted octanol–water partition coefficient (Wildman–Crippen LogP) is 5.98. The predicted molar refractivity (Wildman–Crippen MR) is 126 cm³/mol. The molecule has 0 aliphatic heterocycles. The fourth-order valence-corrected chi connectivity index (χ4v) is 4.82. The second kappa shape index (κ2) is 13.5. The van der Waals surface area contributed by atoms with Gasteiger partial charge in [-0.25, -0.2) is 0 Å². The Labute approximate surface area is 189 Å². The van der Waals surface area contributed by atoms with Crippen LogP contribution in [0.15, 0.2) is 30.3 Å². The van der Waals surface area contributed by atoms with Crippen molar-refractivity contribution in [2.75, 3.05) is 0 Å². The second-order valence-corrected chi connectivity index (χ2v) is 9.74. The van der Waals surface area contributed by atoms with Crippen molar-refractivity contribution in [2.24, 2.45) is 23.7 Å². The molecule has 1 aliphatic rings. The smallest absolute Gasteiger partial charge is 0.136 e. The highest BCUT2D eigenvalue weighted by Crippen LogP contribution is 2.40. The molecular weight excluding hydrogens is 384 g/mol. The summed E-state index contributed by atoms with van der Waals surface area (Å²) < 4.78 is 0. The van der Waals surface area contributed by atoms with Crippen molar-refractivity contribution in [3.05, 3.63) is 35.9 Å². The van der Waals surface area contributed by atoms with E-state index in [0.29, 0.717) is 55.0 Å². The van der Waals surface area contributed by atoms with Crippen LogP contribution in [-0.4, -0.2) is 22.8 Å². The van der Waals surface area contributed by atoms with Gasteiger partial charge in [0.25, 0.3) is 0 Å². The van der Waals surface area contributed by atoms with E-state index in [9.17, 15) is 14.7 Å². The van der Waals surface area contributed by atoms with Crippen molar-refractivity contribution in [1.82, 2.24) is 0 Å². The Morgan fingerprint density at radius 3 is 2.52 bits per heavy atom. The van der Waals surface area contributed by atoms with E-state index in [2.05, 4.69) is 32.6 Å². The van der Waals surface area contributed by atoms with Gasteiger partial charge in [0.2, 0.25) is 0 Å². The van der Waals surface area contributed by atoms with Gasteiger partial charge in [0.1, 0.15) is 17.7 Å². The van der Waals surface area contributed by atoms with Gasteiger partial charge in [0.15, 0.2) is 0 Å². The van der Waals surface area contributed by atoms with E-state index in [1.54, 1.807) is 0 Å². The summed E-state index contributed by atoms with van der Waals surface area (Å²) in [5, 5.41) is 10.3. The number of aliphatic hydroxyl groups is 1. The van der Waals surface area contributed by atoms with Gasteiger partial charge in [0.05, 0.1) is 0 Å². The molecular formula is C28H40O3. The van der Waals surface area contributed by atoms with Crippen molar-refractivity contribution in [2.45, 2.75) is 91.1 Å². The van der Waals surface area contributed by atoms with Crippen LogP contribution in [0.4, 0.5) is 0 Å². The summed E-state index contributed by atoms with van der Waals surface area (Å²) in [5.74, 6) is 8.07. The third-order valence-corrected chi connectivity index (χ3v) is 6.47. The second-order valence-electron chi connectivity index (χ2n) is 9.74. The van der Waals surface area contributed by atoms with Gasteiger partial charge in [-0.1, -0.05) is 70.1 Å². The van der Waals surface area contributed by atoms with Gasteiger partial charge >= 0.3 is 0 Å².